The molecule has 1 aliphatic heterocycles. The number of aliphatic hydroxyl groups is 1. The summed E-state index contributed by atoms with van der Waals surface area (Å²) in [5.41, 5.74) is 3.11. The molecule has 23 heavy (non-hydrogen) atoms. The maximum atomic E-state index is 12.4. The molecule has 2 heterocycles. The van der Waals surface area contributed by atoms with Gasteiger partial charge in [-0.2, -0.15) is 0 Å². The van der Waals surface area contributed by atoms with Crippen LogP contribution in [0.3, 0.4) is 0 Å². The Kier molecular flexibility index (Phi) is 4.78. The number of hydrogen-bond donors (Lipinski definition) is 1. The molecule has 4 nitrogen and oxygen atoms in total. The van der Waals surface area contributed by atoms with Gasteiger partial charge in [0.25, 0.3) is 0 Å². The number of hydrogen-bond acceptors (Lipinski definition) is 4. The Bertz CT molecular complexity index is 681. The van der Waals surface area contributed by atoms with Crippen LogP contribution in [-0.2, 0) is 11.2 Å². The van der Waals surface area contributed by atoms with Gasteiger partial charge in [-0.15, -0.1) is 11.3 Å². The van der Waals surface area contributed by atoms with Crippen LogP contribution in [0.2, 0.25) is 0 Å². The van der Waals surface area contributed by atoms with Crippen LogP contribution in [0, 0.1) is 12.8 Å². The van der Waals surface area contributed by atoms with Crippen LogP contribution in [0.4, 0.5) is 0 Å². The highest BCUT2D eigenvalue weighted by Gasteiger charge is 2.27. The average Bonchev–Trinajstić information content (AvgIpc) is 2.99. The monoisotopic (exact) mass is 330 g/mol. The van der Waals surface area contributed by atoms with Gasteiger partial charge < -0.3 is 10.0 Å². The molecule has 1 amide bonds. The number of thiazole rings is 1. The largest absolute Gasteiger partial charge is 0.391 e. The van der Waals surface area contributed by atoms with E-state index >= 15 is 0 Å². The first-order valence-electron chi connectivity index (χ1n) is 8.00. The molecule has 2 aromatic rings. The minimum absolute atomic E-state index is 0.0525. The van der Waals surface area contributed by atoms with Crippen LogP contribution in [0.5, 0.6) is 0 Å². The Morgan fingerprint density at radius 2 is 2.13 bits per heavy atom. The van der Waals surface area contributed by atoms with Crippen molar-refractivity contribution < 1.29 is 9.90 Å². The van der Waals surface area contributed by atoms with Crippen LogP contribution in [0.15, 0.2) is 29.6 Å². The zero-order valence-electron chi connectivity index (χ0n) is 13.5. The van der Waals surface area contributed by atoms with E-state index in [1.54, 1.807) is 16.2 Å². The van der Waals surface area contributed by atoms with Crippen LogP contribution >= 0.6 is 11.3 Å². The van der Waals surface area contributed by atoms with Crippen molar-refractivity contribution in [3.63, 3.8) is 0 Å². The number of piperidine rings is 1. The number of benzene rings is 1. The molecule has 1 aromatic heterocycles. The van der Waals surface area contributed by atoms with E-state index in [0.29, 0.717) is 13.0 Å². The topological polar surface area (TPSA) is 53.4 Å². The minimum atomic E-state index is -0.411. The first-order chi connectivity index (χ1) is 11.0. The third-order valence-corrected chi connectivity index (χ3v) is 5.39. The van der Waals surface area contributed by atoms with E-state index < -0.39 is 6.10 Å². The lowest BCUT2D eigenvalue weighted by atomic mass is 9.96. The number of nitrogens with zero attached hydrogens (tertiary/aromatic N) is 2. The second-order valence-corrected chi connectivity index (χ2v) is 7.22. The summed E-state index contributed by atoms with van der Waals surface area (Å²) in [6.45, 7) is 5.26. The van der Waals surface area contributed by atoms with E-state index in [9.17, 15) is 9.90 Å². The Morgan fingerprint density at radius 3 is 2.83 bits per heavy atom. The zero-order chi connectivity index (χ0) is 16.4. The smallest absolute Gasteiger partial charge is 0.228 e. The summed E-state index contributed by atoms with van der Waals surface area (Å²) in [4.78, 5) is 18.7. The highest BCUT2D eigenvalue weighted by Crippen LogP contribution is 2.25. The molecular weight excluding hydrogens is 308 g/mol. The second-order valence-electron chi connectivity index (χ2n) is 6.36. The van der Waals surface area contributed by atoms with Crippen LogP contribution in [-0.4, -0.2) is 40.1 Å². The lowest BCUT2D eigenvalue weighted by Crippen LogP contribution is -2.46. The van der Waals surface area contributed by atoms with Gasteiger partial charge in [0, 0.05) is 24.0 Å². The molecule has 2 atom stereocenters. The van der Waals surface area contributed by atoms with Gasteiger partial charge in [-0.1, -0.05) is 36.8 Å². The molecule has 0 radical (unpaired) electrons. The van der Waals surface area contributed by atoms with Crippen molar-refractivity contribution in [2.24, 2.45) is 5.92 Å². The number of amides is 1. The van der Waals surface area contributed by atoms with Gasteiger partial charge in [-0.3, -0.25) is 4.79 Å². The lowest BCUT2D eigenvalue weighted by molar-refractivity contribution is -0.134. The van der Waals surface area contributed by atoms with E-state index in [4.69, 9.17) is 0 Å². The Hall–Kier alpha value is -1.72. The summed E-state index contributed by atoms with van der Waals surface area (Å²) in [6, 6.07) is 8.25. The highest BCUT2D eigenvalue weighted by atomic mass is 32.1. The maximum Gasteiger partial charge on any atom is 0.228 e. The fourth-order valence-electron chi connectivity index (χ4n) is 2.76. The van der Waals surface area contributed by atoms with Crippen molar-refractivity contribution in [1.29, 1.82) is 0 Å². The Balaban J connectivity index is 1.65. The molecule has 1 aliphatic rings. The minimum Gasteiger partial charge on any atom is -0.391 e. The molecular formula is C18H22N2O2S. The van der Waals surface area contributed by atoms with E-state index in [1.165, 1.54) is 5.56 Å². The molecule has 122 valence electrons. The number of rotatable bonds is 3. The maximum absolute atomic E-state index is 12.4. The number of likely N-dealkylation sites (tertiary alicyclic amines) is 1. The molecule has 1 aromatic carbocycles. The normalized spacial score (nSPS) is 21.4. The standard InChI is InChI=1S/C18H22N2O2S/c1-12-3-5-14(6-4-12)18-19-15(11-23-18)9-17(22)20-8-7-13(2)16(21)10-20/h3-6,11,13,16,21H,7-10H2,1-2H3. The first kappa shape index (κ1) is 16.1. The van der Waals surface area contributed by atoms with Crippen molar-refractivity contribution in [3.8, 4) is 10.6 Å². The molecule has 0 saturated carbocycles. The Labute approximate surface area is 140 Å². The van der Waals surface area contributed by atoms with Crippen LogP contribution in [0.25, 0.3) is 10.6 Å². The summed E-state index contributed by atoms with van der Waals surface area (Å²) >= 11 is 1.57. The third kappa shape index (κ3) is 3.79. The average molecular weight is 330 g/mol. The lowest BCUT2D eigenvalue weighted by Gasteiger charge is -2.34. The first-order valence-corrected chi connectivity index (χ1v) is 8.88. The summed E-state index contributed by atoms with van der Waals surface area (Å²) < 4.78 is 0. The number of carbonyl (C=O) groups is 1. The number of carbonyl (C=O) groups excluding carboxylic acids is 1. The molecule has 2 unspecified atom stereocenters. The number of aliphatic hydroxyl groups excluding tert-OH is 1. The molecule has 0 aliphatic carbocycles. The predicted octanol–water partition coefficient (Wildman–Crippen LogP) is 2.89. The summed E-state index contributed by atoms with van der Waals surface area (Å²) in [7, 11) is 0. The van der Waals surface area contributed by atoms with Gasteiger partial charge in [0.1, 0.15) is 5.01 Å². The van der Waals surface area contributed by atoms with Gasteiger partial charge in [0.2, 0.25) is 5.91 Å². The number of β-amino-alcohol motifs (C(OH)–C–C–N with tert-alkyl or cyclic N) is 1. The van der Waals surface area contributed by atoms with Crippen molar-refractivity contribution in [1.82, 2.24) is 9.88 Å². The van der Waals surface area contributed by atoms with E-state index in [1.807, 2.05) is 12.3 Å². The molecule has 1 saturated heterocycles. The molecule has 1 N–H and O–H groups in total. The third-order valence-electron chi connectivity index (χ3n) is 4.45. The highest BCUT2D eigenvalue weighted by molar-refractivity contribution is 7.13. The van der Waals surface area contributed by atoms with Gasteiger partial charge in [-0.25, -0.2) is 4.98 Å². The van der Waals surface area contributed by atoms with Crippen LogP contribution in [0.1, 0.15) is 24.6 Å². The van der Waals surface area contributed by atoms with Crippen molar-refractivity contribution >= 4 is 17.2 Å². The predicted molar refractivity (Wildman–Crippen MR) is 92.4 cm³/mol. The fourth-order valence-corrected chi connectivity index (χ4v) is 3.58. The van der Waals surface area contributed by atoms with E-state index in [2.05, 4.69) is 36.2 Å². The van der Waals surface area contributed by atoms with Gasteiger partial charge in [0.15, 0.2) is 0 Å². The fraction of sp³-hybridized carbons (Fsp3) is 0.444. The number of aryl methyl sites for hydroxylation is 1. The second kappa shape index (κ2) is 6.81. The SMILES string of the molecule is Cc1ccc(-c2nc(CC(=O)N3CCC(C)C(O)C3)cs2)cc1. The molecule has 0 spiro atoms. The van der Waals surface area contributed by atoms with E-state index in [-0.39, 0.29) is 11.8 Å². The summed E-state index contributed by atoms with van der Waals surface area (Å²) in [5, 5.41) is 12.8. The quantitative estimate of drug-likeness (QED) is 0.941. The van der Waals surface area contributed by atoms with Crippen LogP contribution < -0.4 is 0 Å². The molecule has 1 fully saturated rings. The van der Waals surface area contributed by atoms with E-state index in [0.717, 1.165) is 29.2 Å². The number of aromatic nitrogens is 1. The van der Waals surface area contributed by atoms with Gasteiger partial charge in [-0.05, 0) is 19.3 Å². The summed E-state index contributed by atoms with van der Waals surface area (Å²) in [5.74, 6) is 0.322. The molecule has 0 bridgehead atoms. The zero-order valence-corrected chi connectivity index (χ0v) is 14.3. The van der Waals surface area contributed by atoms with Gasteiger partial charge in [0.05, 0.1) is 18.2 Å². The molecule has 3 rings (SSSR count). The van der Waals surface area contributed by atoms with Gasteiger partial charge >= 0.3 is 0 Å². The van der Waals surface area contributed by atoms with Crippen molar-refractivity contribution in [3.05, 3.63) is 40.9 Å². The summed E-state index contributed by atoms with van der Waals surface area (Å²) in [6.07, 6.45) is 0.758. The Morgan fingerprint density at radius 1 is 1.39 bits per heavy atom. The molecule has 5 heteroatoms. The van der Waals surface area contributed by atoms with Crippen molar-refractivity contribution in [2.75, 3.05) is 13.1 Å². The van der Waals surface area contributed by atoms with Crippen molar-refractivity contribution in [2.45, 2.75) is 32.8 Å².